The van der Waals surface area contributed by atoms with Crippen molar-refractivity contribution in [1.82, 2.24) is 15.0 Å². The second-order valence-corrected chi connectivity index (χ2v) is 6.44. The van der Waals surface area contributed by atoms with Crippen molar-refractivity contribution in [2.45, 2.75) is 39.5 Å². The second kappa shape index (κ2) is 6.50. The SMILES string of the molecule is Cc1c(Cl)nc(C(C)C)nc1NCC(C)c1nccs1. The first kappa shape index (κ1) is 15.2. The van der Waals surface area contributed by atoms with Crippen molar-refractivity contribution >= 4 is 28.8 Å². The summed E-state index contributed by atoms with van der Waals surface area (Å²) in [6, 6.07) is 0. The van der Waals surface area contributed by atoms with E-state index in [-0.39, 0.29) is 5.92 Å². The van der Waals surface area contributed by atoms with Gasteiger partial charge in [0.25, 0.3) is 0 Å². The Balaban J connectivity index is 2.12. The van der Waals surface area contributed by atoms with E-state index in [0.29, 0.717) is 11.1 Å². The number of nitrogens with zero attached hydrogens (tertiary/aromatic N) is 3. The highest BCUT2D eigenvalue weighted by molar-refractivity contribution is 7.09. The van der Waals surface area contributed by atoms with E-state index < -0.39 is 0 Å². The van der Waals surface area contributed by atoms with Crippen molar-refractivity contribution in [3.8, 4) is 0 Å². The van der Waals surface area contributed by atoms with Gasteiger partial charge in [-0.2, -0.15) is 0 Å². The molecule has 0 aliphatic carbocycles. The molecule has 4 nitrogen and oxygen atoms in total. The minimum Gasteiger partial charge on any atom is -0.369 e. The van der Waals surface area contributed by atoms with Crippen LogP contribution in [0.4, 0.5) is 5.82 Å². The van der Waals surface area contributed by atoms with Crippen LogP contribution in [0.1, 0.15) is 49.0 Å². The number of hydrogen-bond acceptors (Lipinski definition) is 5. The number of rotatable bonds is 5. The Morgan fingerprint density at radius 1 is 1.30 bits per heavy atom. The lowest BCUT2D eigenvalue weighted by Crippen LogP contribution is -2.13. The standard InChI is InChI=1S/C14H19ClN4S/c1-8(2)12-18-11(15)10(4)13(19-12)17-7-9(3)14-16-5-6-20-14/h5-6,8-9H,7H2,1-4H3,(H,17,18,19). The summed E-state index contributed by atoms with van der Waals surface area (Å²) in [6.07, 6.45) is 1.83. The van der Waals surface area contributed by atoms with Gasteiger partial charge in [-0.3, -0.25) is 0 Å². The van der Waals surface area contributed by atoms with E-state index in [9.17, 15) is 0 Å². The Morgan fingerprint density at radius 2 is 2.05 bits per heavy atom. The first-order chi connectivity index (χ1) is 9.49. The Kier molecular flexibility index (Phi) is 4.94. The highest BCUT2D eigenvalue weighted by atomic mass is 35.5. The van der Waals surface area contributed by atoms with Gasteiger partial charge in [-0.05, 0) is 6.92 Å². The number of halogens is 1. The Labute approximate surface area is 128 Å². The molecule has 2 aromatic heterocycles. The Hall–Kier alpha value is -1.20. The summed E-state index contributed by atoms with van der Waals surface area (Å²) in [5, 5.41) is 7.01. The lowest BCUT2D eigenvalue weighted by atomic mass is 10.2. The number of hydrogen-bond donors (Lipinski definition) is 1. The first-order valence-corrected chi connectivity index (χ1v) is 7.92. The molecule has 2 rings (SSSR count). The van der Waals surface area contributed by atoms with Crippen LogP contribution in [0.2, 0.25) is 5.15 Å². The molecule has 0 bridgehead atoms. The van der Waals surface area contributed by atoms with E-state index in [0.717, 1.165) is 28.8 Å². The molecule has 6 heteroatoms. The lowest BCUT2D eigenvalue weighted by molar-refractivity contribution is 0.759. The van der Waals surface area contributed by atoms with Crippen LogP contribution in [-0.2, 0) is 0 Å². The third-order valence-corrected chi connectivity index (χ3v) is 4.44. The van der Waals surface area contributed by atoms with Crippen molar-refractivity contribution in [2.75, 3.05) is 11.9 Å². The van der Waals surface area contributed by atoms with Gasteiger partial charge >= 0.3 is 0 Å². The topological polar surface area (TPSA) is 50.7 Å². The molecule has 1 atom stereocenters. The van der Waals surface area contributed by atoms with Crippen molar-refractivity contribution < 1.29 is 0 Å². The molecule has 108 valence electrons. The van der Waals surface area contributed by atoms with Gasteiger partial charge in [0, 0.05) is 35.5 Å². The third-order valence-electron chi connectivity index (χ3n) is 3.07. The Morgan fingerprint density at radius 3 is 2.65 bits per heavy atom. The predicted octanol–water partition coefficient (Wildman–Crippen LogP) is 4.23. The molecular formula is C14H19ClN4S. The van der Waals surface area contributed by atoms with Crippen molar-refractivity contribution in [1.29, 1.82) is 0 Å². The van der Waals surface area contributed by atoms with Crippen LogP contribution in [0.5, 0.6) is 0 Å². The predicted molar refractivity (Wildman–Crippen MR) is 84.9 cm³/mol. The molecule has 0 saturated carbocycles. The summed E-state index contributed by atoms with van der Waals surface area (Å²) in [7, 11) is 0. The van der Waals surface area contributed by atoms with E-state index in [1.165, 1.54) is 0 Å². The molecule has 0 aliphatic heterocycles. The van der Waals surface area contributed by atoms with Crippen LogP contribution >= 0.6 is 22.9 Å². The molecule has 0 saturated heterocycles. The molecule has 2 aromatic rings. The lowest BCUT2D eigenvalue weighted by Gasteiger charge is -2.15. The van der Waals surface area contributed by atoms with E-state index in [4.69, 9.17) is 11.6 Å². The molecule has 2 heterocycles. The number of thiazole rings is 1. The largest absolute Gasteiger partial charge is 0.369 e. The van der Waals surface area contributed by atoms with Crippen molar-refractivity contribution in [3.05, 3.63) is 33.1 Å². The van der Waals surface area contributed by atoms with Gasteiger partial charge < -0.3 is 5.32 Å². The first-order valence-electron chi connectivity index (χ1n) is 6.66. The molecule has 1 N–H and O–H groups in total. The van der Waals surface area contributed by atoms with Crippen molar-refractivity contribution in [3.63, 3.8) is 0 Å². The zero-order valence-corrected chi connectivity index (χ0v) is 13.7. The zero-order valence-electron chi connectivity index (χ0n) is 12.1. The quantitative estimate of drug-likeness (QED) is 0.839. The van der Waals surface area contributed by atoms with Gasteiger partial charge in [0.2, 0.25) is 0 Å². The average molecular weight is 311 g/mol. The maximum Gasteiger partial charge on any atom is 0.137 e. The van der Waals surface area contributed by atoms with Crippen molar-refractivity contribution in [2.24, 2.45) is 0 Å². The minimum atomic E-state index is 0.255. The fourth-order valence-electron chi connectivity index (χ4n) is 1.75. The van der Waals surface area contributed by atoms with Crippen LogP contribution in [0, 0.1) is 6.92 Å². The van der Waals surface area contributed by atoms with Crippen LogP contribution in [0.25, 0.3) is 0 Å². The smallest absolute Gasteiger partial charge is 0.137 e. The van der Waals surface area contributed by atoms with E-state index >= 15 is 0 Å². The minimum absolute atomic E-state index is 0.255. The van der Waals surface area contributed by atoms with Gasteiger partial charge in [-0.1, -0.05) is 32.4 Å². The van der Waals surface area contributed by atoms with E-state index in [1.54, 1.807) is 11.3 Å². The summed E-state index contributed by atoms with van der Waals surface area (Å²) in [4.78, 5) is 13.2. The number of anilines is 1. The summed E-state index contributed by atoms with van der Waals surface area (Å²) in [5.74, 6) is 2.18. The molecular weight excluding hydrogens is 292 g/mol. The normalized spacial score (nSPS) is 12.7. The van der Waals surface area contributed by atoms with Gasteiger partial charge in [0.05, 0.1) is 5.01 Å². The molecule has 0 aromatic carbocycles. The van der Waals surface area contributed by atoms with Crippen LogP contribution in [0.15, 0.2) is 11.6 Å². The fraction of sp³-hybridized carbons (Fsp3) is 0.500. The highest BCUT2D eigenvalue weighted by Crippen LogP contribution is 2.24. The number of nitrogens with one attached hydrogen (secondary N) is 1. The maximum absolute atomic E-state index is 6.18. The van der Waals surface area contributed by atoms with Crippen LogP contribution < -0.4 is 5.32 Å². The van der Waals surface area contributed by atoms with Crippen LogP contribution in [-0.4, -0.2) is 21.5 Å². The number of aromatic nitrogens is 3. The maximum atomic E-state index is 6.18. The molecule has 0 aliphatic rings. The summed E-state index contributed by atoms with van der Waals surface area (Å²) < 4.78 is 0. The molecule has 1 unspecified atom stereocenters. The van der Waals surface area contributed by atoms with Gasteiger partial charge in [0.1, 0.15) is 16.8 Å². The molecule has 0 amide bonds. The van der Waals surface area contributed by atoms with E-state index in [1.807, 2.05) is 18.5 Å². The van der Waals surface area contributed by atoms with Gasteiger partial charge in [-0.25, -0.2) is 15.0 Å². The van der Waals surface area contributed by atoms with Crippen LogP contribution in [0.3, 0.4) is 0 Å². The summed E-state index contributed by atoms with van der Waals surface area (Å²) in [5.41, 5.74) is 0.891. The molecule has 0 spiro atoms. The highest BCUT2D eigenvalue weighted by Gasteiger charge is 2.13. The van der Waals surface area contributed by atoms with E-state index in [2.05, 4.69) is 41.0 Å². The summed E-state index contributed by atoms with van der Waals surface area (Å²) >= 11 is 7.85. The Bertz CT molecular complexity index is 569. The fourth-order valence-corrected chi connectivity index (χ4v) is 2.63. The zero-order chi connectivity index (χ0) is 14.7. The third kappa shape index (κ3) is 3.46. The summed E-state index contributed by atoms with van der Waals surface area (Å²) in [6.45, 7) is 8.97. The molecule has 20 heavy (non-hydrogen) atoms. The van der Waals surface area contributed by atoms with Gasteiger partial charge in [-0.15, -0.1) is 11.3 Å². The van der Waals surface area contributed by atoms with Gasteiger partial charge in [0.15, 0.2) is 0 Å². The average Bonchev–Trinajstić information content (AvgIpc) is 2.93. The second-order valence-electron chi connectivity index (χ2n) is 5.15. The monoisotopic (exact) mass is 310 g/mol. The molecule has 0 radical (unpaired) electrons. The molecule has 0 fully saturated rings.